The van der Waals surface area contributed by atoms with Crippen molar-refractivity contribution < 1.29 is 0 Å². The van der Waals surface area contributed by atoms with E-state index in [1.54, 1.807) is 6.07 Å². The van der Waals surface area contributed by atoms with Gasteiger partial charge < -0.3 is 4.90 Å². The molecule has 0 unspecified atom stereocenters. The topological polar surface area (TPSA) is 24.3 Å². The number of hydrogen-bond donors (Lipinski definition) is 0. The zero-order valence-electron chi connectivity index (χ0n) is 16.8. The molecule has 4 nitrogen and oxygen atoms in total. The summed E-state index contributed by atoms with van der Waals surface area (Å²) in [4.78, 5) is 4.79. The van der Waals surface area contributed by atoms with Gasteiger partial charge in [-0.25, -0.2) is 4.68 Å². The van der Waals surface area contributed by atoms with Crippen LogP contribution in [0.1, 0.15) is 11.3 Å². The fourth-order valence-electron chi connectivity index (χ4n) is 3.65. The third-order valence-electron chi connectivity index (χ3n) is 5.29. The summed E-state index contributed by atoms with van der Waals surface area (Å²) in [5.41, 5.74) is 4.49. The van der Waals surface area contributed by atoms with Crippen LogP contribution >= 0.6 is 35.6 Å². The molecule has 0 spiro atoms. The van der Waals surface area contributed by atoms with Crippen molar-refractivity contribution in [2.24, 2.45) is 0 Å². The predicted molar refractivity (Wildman–Crippen MR) is 130 cm³/mol. The van der Waals surface area contributed by atoms with E-state index in [9.17, 15) is 0 Å². The van der Waals surface area contributed by atoms with Crippen LogP contribution in [-0.2, 0) is 0 Å². The Kier molecular flexibility index (Phi) is 7.84. The fourth-order valence-corrected chi connectivity index (χ4v) is 4.17. The van der Waals surface area contributed by atoms with E-state index in [1.807, 2.05) is 41.2 Å². The quantitative estimate of drug-likeness (QED) is 0.482. The van der Waals surface area contributed by atoms with Crippen LogP contribution in [0.4, 0.5) is 5.69 Å². The van der Waals surface area contributed by atoms with Gasteiger partial charge in [-0.1, -0.05) is 53.6 Å². The Labute approximate surface area is 194 Å². The maximum Gasteiger partial charge on any atom is 0.0648 e. The highest BCUT2D eigenvalue weighted by Crippen LogP contribution is 2.26. The number of para-hydroxylation sites is 1. The van der Waals surface area contributed by atoms with E-state index in [0.717, 1.165) is 55.4 Å². The lowest BCUT2D eigenvalue weighted by molar-refractivity contribution is 0.284. The zero-order valence-corrected chi connectivity index (χ0v) is 19.2. The second-order valence-corrected chi connectivity index (χ2v) is 8.12. The minimum absolute atomic E-state index is 0. The first-order chi connectivity index (χ1) is 14.1. The Hall–Kier alpha value is -1.98. The van der Waals surface area contributed by atoms with Gasteiger partial charge in [0.2, 0.25) is 0 Å². The summed E-state index contributed by atoms with van der Waals surface area (Å²) >= 11 is 12.3. The number of anilines is 1. The maximum absolute atomic E-state index is 6.14. The molecular weight excluding hydrogens is 439 g/mol. The standard InChI is InChI=1S/C23H24Cl2N4.ClH/c1-18-19(17-26-29(18)22-7-3-2-4-8-22)6-5-9-27-10-12-28(13-11-27)23-15-20(24)14-21(25)16-23;/h2-8,14-17H,9-13H2,1H3;1H/b6-5+;. The van der Waals surface area contributed by atoms with E-state index >= 15 is 0 Å². The first-order valence-electron chi connectivity index (χ1n) is 9.80. The molecule has 2 aromatic carbocycles. The lowest BCUT2D eigenvalue weighted by Gasteiger charge is -2.35. The molecule has 1 fully saturated rings. The molecule has 0 aliphatic carbocycles. The van der Waals surface area contributed by atoms with E-state index in [-0.39, 0.29) is 12.4 Å². The van der Waals surface area contributed by atoms with E-state index in [2.05, 4.69) is 46.1 Å². The van der Waals surface area contributed by atoms with Crippen molar-refractivity contribution in [1.82, 2.24) is 14.7 Å². The first-order valence-corrected chi connectivity index (χ1v) is 10.6. The third kappa shape index (κ3) is 5.38. The molecule has 158 valence electrons. The summed E-state index contributed by atoms with van der Waals surface area (Å²) in [6, 6.07) is 16.0. The smallest absolute Gasteiger partial charge is 0.0648 e. The average molecular weight is 464 g/mol. The highest BCUT2D eigenvalue weighted by Gasteiger charge is 2.17. The molecule has 0 amide bonds. The van der Waals surface area contributed by atoms with Gasteiger partial charge in [0.05, 0.1) is 11.9 Å². The molecule has 4 rings (SSSR count). The highest BCUT2D eigenvalue weighted by molar-refractivity contribution is 6.35. The summed E-state index contributed by atoms with van der Waals surface area (Å²) in [6.45, 7) is 6.99. The summed E-state index contributed by atoms with van der Waals surface area (Å²) in [5.74, 6) is 0. The lowest BCUT2D eigenvalue weighted by atomic mass is 10.2. The van der Waals surface area contributed by atoms with Gasteiger partial charge in [-0.05, 0) is 37.3 Å². The van der Waals surface area contributed by atoms with Gasteiger partial charge in [-0.15, -0.1) is 12.4 Å². The largest absolute Gasteiger partial charge is 0.369 e. The van der Waals surface area contributed by atoms with Gasteiger partial charge in [-0.3, -0.25) is 4.90 Å². The van der Waals surface area contributed by atoms with Gasteiger partial charge in [0.1, 0.15) is 0 Å². The van der Waals surface area contributed by atoms with Crippen LogP contribution in [0.3, 0.4) is 0 Å². The van der Waals surface area contributed by atoms with E-state index in [4.69, 9.17) is 23.2 Å². The van der Waals surface area contributed by atoms with Crippen molar-refractivity contribution in [3.8, 4) is 5.69 Å². The van der Waals surface area contributed by atoms with Crippen molar-refractivity contribution >= 4 is 47.4 Å². The normalized spacial score (nSPS) is 14.8. The molecule has 1 saturated heterocycles. The molecule has 0 atom stereocenters. The van der Waals surface area contributed by atoms with Crippen LogP contribution < -0.4 is 4.90 Å². The number of benzene rings is 2. The van der Waals surface area contributed by atoms with Crippen molar-refractivity contribution in [3.05, 3.63) is 82.1 Å². The van der Waals surface area contributed by atoms with Crippen LogP contribution in [0.25, 0.3) is 11.8 Å². The molecule has 0 saturated carbocycles. The molecule has 1 aliphatic rings. The third-order valence-corrected chi connectivity index (χ3v) is 5.73. The van der Waals surface area contributed by atoms with Crippen LogP contribution in [-0.4, -0.2) is 47.4 Å². The van der Waals surface area contributed by atoms with E-state index < -0.39 is 0 Å². The predicted octanol–water partition coefficient (Wildman–Crippen LogP) is 5.74. The Bertz CT molecular complexity index is 973. The number of nitrogens with zero attached hydrogens (tertiary/aromatic N) is 4. The van der Waals surface area contributed by atoms with Crippen LogP contribution in [0.2, 0.25) is 10.0 Å². The number of hydrogen-bond acceptors (Lipinski definition) is 3. The SMILES string of the molecule is Cc1c(/C=C/CN2CCN(c3cc(Cl)cc(Cl)c3)CC2)cnn1-c1ccccc1.Cl. The molecular formula is C23H25Cl3N4. The minimum Gasteiger partial charge on any atom is -0.369 e. The van der Waals surface area contributed by atoms with E-state index in [1.165, 1.54) is 0 Å². The molecule has 0 bridgehead atoms. The zero-order chi connectivity index (χ0) is 20.2. The molecule has 30 heavy (non-hydrogen) atoms. The highest BCUT2D eigenvalue weighted by atomic mass is 35.5. The second-order valence-electron chi connectivity index (χ2n) is 7.25. The summed E-state index contributed by atoms with van der Waals surface area (Å²) in [6.07, 6.45) is 6.33. The summed E-state index contributed by atoms with van der Waals surface area (Å²) < 4.78 is 1.98. The van der Waals surface area contributed by atoms with Gasteiger partial charge in [0.25, 0.3) is 0 Å². The Morgan fingerprint density at radius 2 is 1.60 bits per heavy atom. The van der Waals surface area contributed by atoms with Crippen LogP contribution in [0.5, 0.6) is 0 Å². The Morgan fingerprint density at radius 1 is 0.933 bits per heavy atom. The first kappa shape index (κ1) is 22.7. The van der Waals surface area contributed by atoms with Gasteiger partial charge in [0, 0.05) is 59.7 Å². The number of aromatic nitrogens is 2. The van der Waals surface area contributed by atoms with Crippen LogP contribution in [0.15, 0.2) is 60.8 Å². The lowest BCUT2D eigenvalue weighted by Crippen LogP contribution is -2.46. The summed E-state index contributed by atoms with van der Waals surface area (Å²) in [7, 11) is 0. The van der Waals surface area contributed by atoms with Crippen molar-refractivity contribution in [3.63, 3.8) is 0 Å². The molecule has 1 aliphatic heterocycles. The number of halogens is 3. The maximum atomic E-state index is 6.14. The van der Waals surface area contributed by atoms with Crippen molar-refractivity contribution in [1.29, 1.82) is 0 Å². The summed E-state index contributed by atoms with van der Waals surface area (Å²) in [5, 5.41) is 5.90. The minimum atomic E-state index is 0. The molecule has 3 aromatic rings. The van der Waals surface area contributed by atoms with Crippen molar-refractivity contribution in [2.45, 2.75) is 6.92 Å². The second kappa shape index (κ2) is 10.4. The van der Waals surface area contributed by atoms with Gasteiger partial charge in [-0.2, -0.15) is 5.10 Å². The Balaban J connectivity index is 0.00000256. The molecule has 0 N–H and O–H groups in total. The average Bonchev–Trinajstić information content (AvgIpc) is 3.09. The fraction of sp³-hybridized carbons (Fsp3) is 0.261. The van der Waals surface area contributed by atoms with Gasteiger partial charge >= 0.3 is 0 Å². The van der Waals surface area contributed by atoms with E-state index in [0.29, 0.717) is 10.0 Å². The number of piperazine rings is 1. The molecule has 2 heterocycles. The molecule has 0 radical (unpaired) electrons. The van der Waals surface area contributed by atoms with Crippen LogP contribution in [0, 0.1) is 6.92 Å². The molecule has 1 aromatic heterocycles. The monoisotopic (exact) mass is 462 g/mol. The van der Waals surface area contributed by atoms with Gasteiger partial charge in [0.15, 0.2) is 0 Å². The number of rotatable bonds is 5. The Morgan fingerprint density at radius 3 is 2.27 bits per heavy atom. The van der Waals surface area contributed by atoms with Crippen molar-refractivity contribution in [2.75, 3.05) is 37.6 Å². The molecule has 7 heteroatoms.